The summed E-state index contributed by atoms with van der Waals surface area (Å²) in [6, 6.07) is 7.71. The third-order valence-electron chi connectivity index (χ3n) is 6.63. The van der Waals surface area contributed by atoms with Crippen LogP contribution in [0.4, 0.5) is 0 Å². The van der Waals surface area contributed by atoms with Crippen molar-refractivity contribution in [3.8, 4) is 5.75 Å². The second-order valence-electron chi connectivity index (χ2n) is 8.66. The van der Waals surface area contributed by atoms with Crippen molar-refractivity contribution in [3.63, 3.8) is 0 Å². The van der Waals surface area contributed by atoms with Crippen molar-refractivity contribution >= 4 is 41.1 Å². The average Bonchev–Trinajstić information content (AvgIpc) is 3.19. The first kappa shape index (κ1) is 21.5. The van der Waals surface area contributed by atoms with Gasteiger partial charge in [0.25, 0.3) is 0 Å². The number of benzene rings is 1. The Morgan fingerprint density at radius 2 is 1.77 bits per heavy atom. The van der Waals surface area contributed by atoms with Crippen molar-refractivity contribution < 1.29 is 14.3 Å². The molecule has 5 nitrogen and oxygen atoms in total. The van der Waals surface area contributed by atoms with E-state index in [1.165, 1.54) is 0 Å². The lowest BCUT2D eigenvalue weighted by atomic mass is 9.78. The van der Waals surface area contributed by atoms with Crippen molar-refractivity contribution in [2.75, 3.05) is 32.8 Å². The van der Waals surface area contributed by atoms with Crippen molar-refractivity contribution in [2.45, 2.75) is 36.9 Å². The Kier molecular flexibility index (Phi) is 6.04. The lowest BCUT2D eigenvalue weighted by molar-refractivity contribution is -0.133. The van der Waals surface area contributed by atoms with Crippen LogP contribution >= 0.6 is 23.2 Å². The van der Waals surface area contributed by atoms with Crippen LogP contribution in [0.25, 0.3) is 6.08 Å². The van der Waals surface area contributed by atoms with Crippen molar-refractivity contribution in [2.24, 2.45) is 11.3 Å². The summed E-state index contributed by atoms with van der Waals surface area (Å²) in [6.45, 7) is 5.49. The highest BCUT2D eigenvalue weighted by Crippen LogP contribution is 2.54. The highest BCUT2D eigenvalue weighted by molar-refractivity contribution is 6.52. The van der Waals surface area contributed by atoms with Gasteiger partial charge in [-0.25, -0.2) is 0 Å². The van der Waals surface area contributed by atoms with Gasteiger partial charge in [0.05, 0.1) is 12.5 Å². The highest BCUT2D eigenvalue weighted by atomic mass is 35.5. The molecule has 30 heavy (non-hydrogen) atoms. The van der Waals surface area contributed by atoms with Crippen molar-refractivity contribution in [1.82, 2.24) is 9.80 Å². The summed E-state index contributed by atoms with van der Waals surface area (Å²) >= 11 is 12.1. The number of rotatable bonds is 5. The quantitative estimate of drug-likeness (QED) is 0.500. The van der Waals surface area contributed by atoms with Crippen LogP contribution in [0.3, 0.4) is 0 Å². The van der Waals surface area contributed by atoms with Crippen LogP contribution < -0.4 is 4.74 Å². The molecule has 1 spiro atoms. The van der Waals surface area contributed by atoms with E-state index in [1.807, 2.05) is 47.1 Å². The predicted octanol–water partition coefficient (Wildman–Crippen LogP) is 4.13. The smallest absolute Gasteiger partial charge is 0.246 e. The minimum absolute atomic E-state index is 0.0223. The summed E-state index contributed by atoms with van der Waals surface area (Å²) in [4.78, 5) is 29.1. The molecule has 4 rings (SSSR count). The summed E-state index contributed by atoms with van der Waals surface area (Å²) in [6.07, 6.45) is 6.84. The van der Waals surface area contributed by atoms with Crippen LogP contribution in [-0.2, 0) is 9.59 Å². The normalized spacial score (nSPS) is 24.4. The number of carbonyl (C=O) groups excluding carboxylic acids is 2. The molecule has 0 bridgehead atoms. The maximum atomic E-state index is 12.7. The van der Waals surface area contributed by atoms with Gasteiger partial charge in [-0.15, -0.1) is 23.2 Å². The Hall–Kier alpha value is -1.72. The molecular weight excluding hydrogens is 423 g/mol. The van der Waals surface area contributed by atoms with E-state index in [4.69, 9.17) is 27.9 Å². The van der Waals surface area contributed by atoms with E-state index in [2.05, 4.69) is 0 Å². The van der Waals surface area contributed by atoms with Crippen LogP contribution in [0, 0.1) is 11.3 Å². The molecule has 0 aromatic heterocycles. The monoisotopic (exact) mass is 450 g/mol. The average molecular weight is 451 g/mol. The minimum Gasteiger partial charge on any atom is -0.493 e. The first-order chi connectivity index (χ1) is 14.3. The zero-order chi connectivity index (χ0) is 21.4. The van der Waals surface area contributed by atoms with Crippen LogP contribution in [0.1, 0.15) is 38.2 Å². The van der Waals surface area contributed by atoms with Gasteiger partial charge in [0.15, 0.2) is 0 Å². The summed E-state index contributed by atoms with van der Waals surface area (Å²) in [5.74, 6) is 0.647. The van der Waals surface area contributed by atoms with Gasteiger partial charge in [-0.1, -0.05) is 18.2 Å². The third-order valence-corrected chi connectivity index (χ3v) is 7.47. The van der Waals surface area contributed by atoms with E-state index in [-0.39, 0.29) is 23.1 Å². The fourth-order valence-corrected chi connectivity index (χ4v) is 5.10. The van der Waals surface area contributed by atoms with Crippen molar-refractivity contribution in [3.05, 3.63) is 35.9 Å². The molecule has 1 aromatic rings. The summed E-state index contributed by atoms with van der Waals surface area (Å²) in [5, 5.41) is 0. The lowest BCUT2D eigenvalue weighted by Crippen LogP contribution is -2.44. The first-order valence-corrected chi connectivity index (χ1v) is 11.4. The molecule has 2 heterocycles. The van der Waals surface area contributed by atoms with Gasteiger partial charge in [-0.2, -0.15) is 0 Å². The Balaban J connectivity index is 1.30. The minimum atomic E-state index is -0.865. The molecule has 1 atom stereocenters. The number of alkyl halides is 2. The summed E-state index contributed by atoms with van der Waals surface area (Å²) in [7, 11) is 0. The Morgan fingerprint density at radius 1 is 1.13 bits per heavy atom. The van der Waals surface area contributed by atoms with E-state index in [0.29, 0.717) is 13.0 Å². The number of amides is 2. The molecule has 3 aliphatic rings. The van der Waals surface area contributed by atoms with E-state index in [0.717, 1.165) is 56.8 Å². The second-order valence-corrected chi connectivity index (χ2v) is 10.2. The molecule has 0 radical (unpaired) electrons. The molecule has 7 heteroatoms. The fraction of sp³-hybridized carbons (Fsp3) is 0.565. The molecule has 2 amide bonds. The topological polar surface area (TPSA) is 49.9 Å². The number of para-hydroxylation sites is 1. The Labute approximate surface area is 187 Å². The summed E-state index contributed by atoms with van der Waals surface area (Å²) in [5.41, 5.74) is 1.02. The summed E-state index contributed by atoms with van der Waals surface area (Å²) < 4.78 is 4.75. The van der Waals surface area contributed by atoms with Gasteiger partial charge in [-0.3, -0.25) is 9.59 Å². The third kappa shape index (κ3) is 4.47. The number of carbonyl (C=O) groups is 2. The van der Waals surface area contributed by atoms with E-state index >= 15 is 0 Å². The zero-order valence-electron chi connectivity index (χ0n) is 17.3. The van der Waals surface area contributed by atoms with Crippen LogP contribution in [-0.4, -0.2) is 58.7 Å². The number of ether oxygens (including phenoxy) is 1. The van der Waals surface area contributed by atoms with Gasteiger partial charge in [0, 0.05) is 37.8 Å². The second kappa shape index (κ2) is 8.43. The number of halogens is 2. The standard InChI is InChI=1S/C23H28Cl2N2O3/c1-2-30-19-6-4-3-5-17(19)7-8-20(28)26-12-9-22(10-13-26)11-14-27(16-22)21(29)18-15-23(18,24)25/h3-8,18H,2,9-16H2,1H3. The van der Waals surface area contributed by atoms with Crippen LogP contribution in [0.2, 0.25) is 0 Å². The number of hydrogen-bond acceptors (Lipinski definition) is 3. The number of nitrogens with zero attached hydrogens (tertiary/aromatic N) is 2. The molecule has 2 aliphatic heterocycles. The number of hydrogen-bond donors (Lipinski definition) is 0. The maximum Gasteiger partial charge on any atom is 0.246 e. The highest BCUT2D eigenvalue weighted by Gasteiger charge is 2.58. The molecule has 1 aliphatic carbocycles. The van der Waals surface area contributed by atoms with Gasteiger partial charge >= 0.3 is 0 Å². The Bertz CT molecular complexity index is 847. The lowest BCUT2D eigenvalue weighted by Gasteiger charge is -2.39. The Morgan fingerprint density at radius 3 is 2.40 bits per heavy atom. The van der Waals surface area contributed by atoms with Gasteiger partial charge in [0.1, 0.15) is 10.1 Å². The molecule has 0 N–H and O–H groups in total. The molecule has 1 saturated carbocycles. The van der Waals surface area contributed by atoms with Crippen molar-refractivity contribution in [1.29, 1.82) is 0 Å². The zero-order valence-corrected chi connectivity index (χ0v) is 18.8. The predicted molar refractivity (Wildman–Crippen MR) is 119 cm³/mol. The first-order valence-electron chi connectivity index (χ1n) is 10.7. The van der Waals surface area contributed by atoms with Gasteiger partial charge < -0.3 is 14.5 Å². The maximum absolute atomic E-state index is 12.7. The molecule has 1 aromatic carbocycles. The van der Waals surface area contributed by atoms with Gasteiger partial charge in [-0.05, 0) is 50.2 Å². The molecule has 162 valence electrons. The van der Waals surface area contributed by atoms with Crippen LogP contribution in [0.5, 0.6) is 5.75 Å². The molecule has 2 saturated heterocycles. The van der Waals surface area contributed by atoms with Crippen LogP contribution in [0.15, 0.2) is 30.3 Å². The largest absolute Gasteiger partial charge is 0.493 e. The van der Waals surface area contributed by atoms with E-state index < -0.39 is 4.33 Å². The fourth-order valence-electron chi connectivity index (χ4n) is 4.61. The molecule has 3 fully saturated rings. The molecular formula is C23H28Cl2N2O3. The van der Waals surface area contributed by atoms with E-state index in [9.17, 15) is 9.59 Å². The number of likely N-dealkylation sites (tertiary alicyclic amines) is 2. The number of piperidine rings is 1. The van der Waals surface area contributed by atoms with Gasteiger partial charge in [0.2, 0.25) is 11.8 Å². The molecule has 1 unspecified atom stereocenters. The SMILES string of the molecule is CCOc1ccccc1C=CC(=O)N1CCC2(CC1)CCN(C(=O)C1CC1(Cl)Cl)C2. The van der Waals surface area contributed by atoms with E-state index in [1.54, 1.807) is 6.08 Å².